The summed E-state index contributed by atoms with van der Waals surface area (Å²) in [4.78, 5) is 0. The molecule has 1 nitrogen and oxygen atoms in total. The summed E-state index contributed by atoms with van der Waals surface area (Å²) in [7, 11) is 0. The lowest BCUT2D eigenvalue weighted by molar-refractivity contribution is 0.111. The summed E-state index contributed by atoms with van der Waals surface area (Å²) in [5.74, 6) is 0. The Morgan fingerprint density at radius 2 is 1.77 bits per heavy atom. The number of benzene rings is 1. The molecule has 1 atom stereocenters. The summed E-state index contributed by atoms with van der Waals surface area (Å²) in [5.41, 5.74) is 1.29. The van der Waals surface area contributed by atoms with Gasteiger partial charge in [0.2, 0.25) is 0 Å². The second-order valence-corrected chi connectivity index (χ2v) is 3.51. The first-order valence-corrected chi connectivity index (χ1v) is 4.49. The first-order valence-electron chi connectivity index (χ1n) is 4.49. The van der Waals surface area contributed by atoms with E-state index in [9.17, 15) is 5.11 Å². The van der Waals surface area contributed by atoms with E-state index in [1.807, 2.05) is 44.2 Å². The van der Waals surface area contributed by atoms with E-state index < -0.39 is 5.60 Å². The van der Waals surface area contributed by atoms with E-state index in [-0.39, 0.29) is 0 Å². The molecule has 0 amide bonds. The van der Waals surface area contributed by atoms with Gasteiger partial charge in [-0.2, -0.15) is 0 Å². The third-order valence-corrected chi connectivity index (χ3v) is 2.13. The van der Waals surface area contributed by atoms with Gasteiger partial charge in [-0.3, -0.25) is 0 Å². The van der Waals surface area contributed by atoms with Crippen LogP contribution in [0.1, 0.15) is 25.0 Å². The summed E-state index contributed by atoms with van der Waals surface area (Å²) in [6.45, 7) is 5.73. The van der Waals surface area contributed by atoms with Gasteiger partial charge in [0.1, 0.15) is 5.60 Å². The molecule has 0 aliphatic heterocycles. The van der Waals surface area contributed by atoms with Gasteiger partial charge in [-0.05, 0) is 26.3 Å². The van der Waals surface area contributed by atoms with Crippen LogP contribution in [0.2, 0.25) is 0 Å². The first-order chi connectivity index (χ1) is 6.06. The number of hydrogen-bond acceptors (Lipinski definition) is 1. The van der Waals surface area contributed by atoms with Crippen molar-refractivity contribution in [3.05, 3.63) is 47.5 Å². The predicted octanol–water partition coefficient (Wildman–Crippen LogP) is 2.78. The average molecular weight is 176 g/mol. The molecule has 1 aromatic carbocycles. The van der Waals surface area contributed by atoms with E-state index in [2.05, 4.69) is 0 Å². The number of rotatable bonds is 2. The number of aryl methyl sites for hydroxylation is 1. The molecular formula is C12H16O. The van der Waals surface area contributed by atoms with Crippen molar-refractivity contribution in [2.45, 2.75) is 26.4 Å². The summed E-state index contributed by atoms with van der Waals surface area (Å²) < 4.78 is 0. The average Bonchev–Trinajstić information content (AvgIpc) is 2.05. The van der Waals surface area contributed by atoms with Crippen LogP contribution in [0.3, 0.4) is 0 Å². The summed E-state index contributed by atoms with van der Waals surface area (Å²) >= 11 is 0. The lowest BCUT2D eigenvalue weighted by Crippen LogP contribution is -2.17. The van der Waals surface area contributed by atoms with Crippen LogP contribution in [0.15, 0.2) is 36.4 Å². The van der Waals surface area contributed by atoms with Gasteiger partial charge in [-0.25, -0.2) is 0 Å². The molecule has 0 heterocycles. The molecule has 0 aliphatic rings. The van der Waals surface area contributed by atoms with Gasteiger partial charge in [0, 0.05) is 0 Å². The van der Waals surface area contributed by atoms with Crippen LogP contribution in [0.5, 0.6) is 0 Å². The largest absolute Gasteiger partial charge is 0.381 e. The fourth-order valence-corrected chi connectivity index (χ4v) is 1.31. The fourth-order valence-electron chi connectivity index (χ4n) is 1.31. The molecule has 1 rings (SSSR count). The van der Waals surface area contributed by atoms with Crippen LogP contribution in [-0.2, 0) is 5.60 Å². The Hall–Kier alpha value is -1.08. The maximum Gasteiger partial charge on any atom is 0.105 e. The van der Waals surface area contributed by atoms with E-state index in [1.165, 1.54) is 5.56 Å². The van der Waals surface area contributed by atoms with E-state index in [0.29, 0.717) is 0 Å². The Labute approximate surface area is 79.7 Å². The third-order valence-electron chi connectivity index (χ3n) is 2.13. The second-order valence-electron chi connectivity index (χ2n) is 3.51. The molecule has 70 valence electrons. The van der Waals surface area contributed by atoms with Gasteiger partial charge in [-0.1, -0.05) is 42.0 Å². The zero-order valence-corrected chi connectivity index (χ0v) is 8.41. The number of hydrogen-bond donors (Lipinski definition) is 1. The van der Waals surface area contributed by atoms with Gasteiger partial charge in [0.25, 0.3) is 0 Å². The van der Waals surface area contributed by atoms with Crippen LogP contribution in [-0.4, -0.2) is 5.11 Å². The standard InChI is InChI=1S/C12H16O/c1-4-9-12(3,13)11-7-5-10(2)6-8-11/h4-9,13H,1-3H3/t12-/m0/s1. The highest BCUT2D eigenvalue weighted by Crippen LogP contribution is 2.22. The van der Waals surface area contributed by atoms with Crippen molar-refractivity contribution in [2.24, 2.45) is 0 Å². The van der Waals surface area contributed by atoms with Crippen LogP contribution in [0.25, 0.3) is 0 Å². The van der Waals surface area contributed by atoms with Crippen molar-refractivity contribution in [3.63, 3.8) is 0 Å². The molecule has 0 bridgehead atoms. The van der Waals surface area contributed by atoms with E-state index >= 15 is 0 Å². The lowest BCUT2D eigenvalue weighted by atomic mass is 9.95. The Morgan fingerprint density at radius 3 is 2.23 bits per heavy atom. The molecule has 13 heavy (non-hydrogen) atoms. The molecule has 1 heteroatoms. The summed E-state index contributed by atoms with van der Waals surface area (Å²) in [6, 6.07) is 7.92. The predicted molar refractivity (Wildman–Crippen MR) is 55.6 cm³/mol. The zero-order chi connectivity index (χ0) is 9.90. The number of allylic oxidation sites excluding steroid dienone is 1. The molecule has 1 N–H and O–H groups in total. The lowest BCUT2D eigenvalue weighted by Gasteiger charge is -2.19. The Morgan fingerprint density at radius 1 is 1.23 bits per heavy atom. The molecule has 0 fully saturated rings. The van der Waals surface area contributed by atoms with Crippen molar-refractivity contribution >= 4 is 0 Å². The highest BCUT2D eigenvalue weighted by Gasteiger charge is 2.17. The first kappa shape index (κ1) is 10.0. The van der Waals surface area contributed by atoms with Gasteiger partial charge in [0.15, 0.2) is 0 Å². The quantitative estimate of drug-likeness (QED) is 0.687. The Kier molecular flexibility index (Phi) is 2.89. The minimum Gasteiger partial charge on any atom is -0.381 e. The van der Waals surface area contributed by atoms with Gasteiger partial charge in [-0.15, -0.1) is 0 Å². The highest BCUT2D eigenvalue weighted by atomic mass is 16.3. The maximum absolute atomic E-state index is 9.99. The summed E-state index contributed by atoms with van der Waals surface area (Å²) in [6.07, 6.45) is 3.65. The number of aliphatic hydroxyl groups is 1. The van der Waals surface area contributed by atoms with Crippen molar-refractivity contribution < 1.29 is 5.11 Å². The van der Waals surface area contributed by atoms with Gasteiger partial charge >= 0.3 is 0 Å². The van der Waals surface area contributed by atoms with E-state index in [0.717, 1.165) is 5.56 Å². The van der Waals surface area contributed by atoms with Crippen LogP contribution in [0, 0.1) is 6.92 Å². The highest BCUT2D eigenvalue weighted by molar-refractivity contribution is 5.29. The SMILES string of the molecule is CC=C[C@](C)(O)c1ccc(C)cc1. The van der Waals surface area contributed by atoms with Crippen molar-refractivity contribution in [1.29, 1.82) is 0 Å². The molecule has 0 aromatic heterocycles. The topological polar surface area (TPSA) is 20.2 Å². The molecule has 0 spiro atoms. The molecule has 1 aromatic rings. The van der Waals surface area contributed by atoms with Crippen LogP contribution < -0.4 is 0 Å². The molecule has 0 saturated carbocycles. The zero-order valence-electron chi connectivity index (χ0n) is 8.41. The third kappa shape index (κ3) is 2.43. The van der Waals surface area contributed by atoms with E-state index in [1.54, 1.807) is 13.0 Å². The molecule has 0 unspecified atom stereocenters. The second kappa shape index (κ2) is 3.75. The smallest absolute Gasteiger partial charge is 0.105 e. The fraction of sp³-hybridized carbons (Fsp3) is 0.333. The van der Waals surface area contributed by atoms with Crippen molar-refractivity contribution in [2.75, 3.05) is 0 Å². The Bertz CT molecular complexity index is 293. The molecule has 0 aliphatic carbocycles. The van der Waals surface area contributed by atoms with Crippen molar-refractivity contribution in [3.8, 4) is 0 Å². The molecule has 0 radical (unpaired) electrons. The maximum atomic E-state index is 9.99. The normalized spacial score (nSPS) is 16.0. The van der Waals surface area contributed by atoms with Crippen molar-refractivity contribution in [1.82, 2.24) is 0 Å². The van der Waals surface area contributed by atoms with Gasteiger partial charge in [0.05, 0.1) is 0 Å². The monoisotopic (exact) mass is 176 g/mol. The minimum absolute atomic E-state index is 0.845. The van der Waals surface area contributed by atoms with Gasteiger partial charge < -0.3 is 5.11 Å². The Balaban J connectivity index is 3.00. The van der Waals surface area contributed by atoms with E-state index in [4.69, 9.17) is 0 Å². The van der Waals surface area contributed by atoms with Crippen LogP contribution in [0.4, 0.5) is 0 Å². The van der Waals surface area contributed by atoms with Crippen LogP contribution >= 0.6 is 0 Å². The molecular weight excluding hydrogens is 160 g/mol. The minimum atomic E-state index is -0.845. The summed E-state index contributed by atoms with van der Waals surface area (Å²) in [5, 5.41) is 9.99. The molecule has 0 saturated heterocycles.